The number of benzene rings is 2. The quantitative estimate of drug-likeness (QED) is 0.747. The van der Waals surface area contributed by atoms with Gasteiger partial charge in [0.2, 0.25) is 5.91 Å². The average Bonchev–Trinajstić information content (AvgIpc) is 2.98. The fourth-order valence-corrected chi connectivity index (χ4v) is 4.51. The van der Waals surface area contributed by atoms with Crippen LogP contribution in [0, 0.1) is 0 Å². The summed E-state index contributed by atoms with van der Waals surface area (Å²) in [6, 6.07) is 16.0. The monoisotopic (exact) mass is 405 g/mol. The van der Waals surface area contributed by atoms with Gasteiger partial charge in [0.1, 0.15) is 0 Å². The normalized spacial score (nSPS) is 17.0. The molecule has 30 heavy (non-hydrogen) atoms. The molecule has 0 saturated heterocycles. The van der Waals surface area contributed by atoms with Crippen LogP contribution in [0.5, 0.6) is 0 Å². The fraction of sp³-hybridized carbons (Fsp3) is 0.440. The number of nitrogens with zero attached hydrogens (tertiary/aromatic N) is 1. The third-order valence-corrected chi connectivity index (χ3v) is 6.15. The molecule has 1 saturated carbocycles. The Morgan fingerprint density at radius 3 is 2.47 bits per heavy atom. The Hall–Kier alpha value is -2.82. The standard InChI is InChI=1S/C25H31N3O2/c29-24(26-21-10-2-1-3-11-21)18-19-13-15-22(16-14-19)27-25(30)28-17-7-6-9-20-8-4-5-12-23(20)28/h4-5,8,12-16,21H,1-3,6-7,9-11,17-18H2,(H,26,29)(H,27,30). The second-order valence-electron chi connectivity index (χ2n) is 8.44. The molecule has 2 aliphatic rings. The highest BCUT2D eigenvalue weighted by Gasteiger charge is 2.21. The SMILES string of the molecule is O=C(Cc1ccc(NC(=O)N2CCCCc3ccccc32)cc1)NC1CCCCC1. The van der Waals surface area contributed by atoms with Crippen molar-refractivity contribution in [2.75, 3.05) is 16.8 Å². The Balaban J connectivity index is 1.34. The summed E-state index contributed by atoms with van der Waals surface area (Å²) in [7, 11) is 0. The number of para-hydroxylation sites is 1. The first-order chi connectivity index (χ1) is 14.7. The molecule has 1 fully saturated rings. The number of anilines is 2. The van der Waals surface area contributed by atoms with E-state index < -0.39 is 0 Å². The van der Waals surface area contributed by atoms with E-state index in [0.29, 0.717) is 12.5 Å². The first kappa shape index (κ1) is 20.5. The molecular weight excluding hydrogens is 374 g/mol. The number of fused-ring (bicyclic) bond motifs is 1. The highest BCUT2D eigenvalue weighted by Crippen LogP contribution is 2.27. The lowest BCUT2D eigenvalue weighted by Gasteiger charge is -2.23. The zero-order valence-corrected chi connectivity index (χ0v) is 17.5. The van der Waals surface area contributed by atoms with Gasteiger partial charge in [0, 0.05) is 24.0 Å². The maximum Gasteiger partial charge on any atom is 0.326 e. The van der Waals surface area contributed by atoms with Crippen molar-refractivity contribution in [3.05, 3.63) is 59.7 Å². The number of carbonyl (C=O) groups is 2. The largest absolute Gasteiger partial charge is 0.353 e. The zero-order chi connectivity index (χ0) is 20.8. The number of hydrogen-bond acceptors (Lipinski definition) is 2. The van der Waals surface area contributed by atoms with Crippen LogP contribution in [0.4, 0.5) is 16.2 Å². The van der Waals surface area contributed by atoms with Crippen LogP contribution in [0.2, 0.25) is 0 Å². The van der Waals surface area contributed by atoms with Crippen LogP contribution < -0.4 is 15.5 Å². The Labute approximate surface area is 178 Å². The first-order valence-corrected chi connectivity index (χ1v) is 11.2. The van der Waals surface area contributed by atoms with Crippen LogP contribution in [0.1, 0.15) is 56.1 Å². The van der Waals surface area contributed by atoms with Gasteiger partial charge < -0.3 is 10.6 Å². The van der Waals surface area contributed by atoms with E-state index in [-0.39, 0.29) is 11.9 Å². The van der Waals surface area contributed by atoms with Gasteiger partial charge >= 0.3 is 6.03 Å². The maximum absolute atomic E-state index is 12.9. The molecule has 0 aromatic heterocycles. The molecular formula is C25H31N3O2. The molecule has 2 aromatic carbocycles. The van der Waals surface area contributed by atoms with E-state index in [0.717, 1.165) is 55.6 Å². The van der Waals surface area contributed by atoms with Crippen molar-refractivity contribution in [3.8, 4) is 0 Å². The van der Waals surface area contributed by atoms with Crippen molar-refractivity contribution < 1.29 is 9.59 Å². The summed E-state index contributed by atoms with van der Waals surface area (Å²) in [5.74, 6) is 0.0832. The van der Waals surface area contributed by atoms with Gasteiger partial charge in [-0.3, -0.25) is 9.69 Å². The van der Waals surface area contributed by atoms with E-state index in [9.17, 15) is 9.59 Å². The van der Waals surface area contributed by atoms with Crippen LogP contribution in [0.3, 0.4) is 0 Å². The third-order valence-electron chi connectivity index (χ3n) is 6.15. The molecule has 1 aliphatic heterocycles. The second-order valence-corrected chi connectivity index (χ2v) is 8.44. The molecule has 2 aromatic rings. The summed E-state index contributed by atoms with van der Waals surface area (Å²) < 4.78 is 0. The van der Waals surface area contributed by atoms with Crippen LogP contribution in [0.15, 0.2) is 48.5 Å². The first-order valence-electron chi connectivity index (χ1n) is 11.2. The lowest BCUT2D eigenvalue weighted by Crippen LogP contribution is -2.37. The van der Waals surface area contributed by atoms with Crippen LogP contribution in [0.25, 0.3) is 0 Å². The number of amides is 3. The topological polar surface area (TPSA) is 61.4 Å². The van der Waals surface area contributed by atoms with Gasteiger partial charge in [-0.25, -0.2) is 4.79 Å². The van der Waals surface area contributed by atoms with Crippen LogP contribution in [-0.4, -0.2) is 24.5 Å². The van der Waals surface area contributed by atoms with Gasteiger partial charge in [0.05, 0.1) is 6.42 Å². The Kier molecular flexibility index (Phi) is 6.67. The molecule has 5 heteroatoms. The molecule has 4 rings (SSSR count). The second kappa shape index (κ2) is 9.79. The number of nitrogens with one attached hydrogen (secondary N) is 2. The van der Waals surface area contributed by atoms with Gasteiger partial charge in [0.25, 0.3) is 0 Å². The summed E-state index contributed by atoms with van der Waals surface area (Å²) in [5.41, 5.74) is 3.94. The molecule has 0 unspecified atom stereocenters. The minimum atomic E-state index is -0.104. The zero-order valence-electron chi connectivity index (χ0n) is 17.5. The van der Waals surface area contributed by atoms with Crippen LogP contribution >= 0.6 is 0 Å². The lowest BCUT2D eigenvalue weighted by molar-refractivity contribution is -0.121. The molecule has 2 N–H and O–H groups in total. The van der Waals surface area contributed by atoms with E-state index in [1.807, 2.05) is 47.4 Å². The number of carbonyl (C=O) groups excluding carboxylic acids is 2. The molecule has 158 valence electrons. The highest BCUT2D eigenvalue weighted by molar-refractivity contribution is 6.02. The number of aryl methyl sites for hydroxylation is 1. The van der Waals surface area contributed by atoms with Crippen molar-refractivity contribution >= 4 is 23.3 Å². The van der Waals surface area contributed by atoms with Crippen LogP contribution in [-0.2, 0) is 17.6 Å². The smallest absolute Gasteiger partial charge is 0.326 e. The van der Waals surface area contributed by atoms with Gasteiger partial charge in [-0.05, 0) is 61.4 Å². The maximum atomic E-state index is 12.9. The lowest BCUT2D eigenvalue weighted by atomic mass is 9.95. The van der Waals surface area contributed by atoms with Gasteiger partial charge in [-0.1, -0.05) is 49.6 Å². The molecule has 0 bridgehead atoms. The number of urea groups is 1. The molecule has 5 nitrogen and oxygen atoms in total. The van der Waals surface area contributed by atoms with Crippen molar-refractivity contribution in [1.82, 2.24) is 5.32 Å². The van der Waals surface area contributed by atoms with Gasteiger partial charge in [-0.15, -0.1) is 0 Å². The Morgan fingerprint density at radius 1 is 0.900 bits per heavy atom. The number of rotatable bonds is 4. The van der Waals surface area contributed by atoms with Crippen molar-refractivity contribution in [2.45, 2.75) is 63.8 Å². The summed E-state index contributed by atoms with van der Waals surface area (Å²) >= 11 is 0. The third kappa shape index (κ3) is 5.21. The summed E-state index contributed by atoms with van der Waals surface area (Å²) in [4.78, 5) is 27.1. The predicted molar refractivity (Wildman–Crippen MR) is 121 cm³/mol. The van der Waals surface area contributed by atoms with Gasteiger partial charge in [0.15, 0.2) is 0 Å². The average molecular weight is 406 g/mol. The molecule has 0 atom stereocenters. The summed E-state index contributed by atoms with van der Waals surface area (Å²) in [6.45, 7) is 0.724. The minimum Gasteiger partial charge on any atom is -0.353 e. The molecule has 1 heterocycles. The molecule has 0 spiro atoms. The van der Waals surface area contributed by atoms with Crippen molar-refractivity contribution in [1.29, 1.82) is 0 Å². The summed E-state index contributed by atoms with van der Waals surface area (Å²) in [5, 5.41) is 6.17. The van der Waals surface area contributed by atoms with Crippen molar-refractivity contribution in [3.63, 3.8) is 0 Å². The van der Waals surface area contributed by atoms with E-state index in [4.69, 9.17) is 0 Å². The van der Waals surface area contributed by atoms with E-state index >= 15 is 0 Å². The Bertz CT molecular complexity index is 872. The number of hydrogen-bond donors (Lipinski definition) is 2. The minimum absolute atomic E-state index is 0.0832. The highest BCUT2D eigenvalue weighted by atomic mass is 16.2. The van der Waals surface area contributed by atoms with E-state index in [1.165, 1.54) is 24.8 Å². The predicted octanol–water partition coefficient (Wildman–Crippen LogP) is 5.05. The summed E-state index contributed by atoms with van der Waals surface area (Å²) in [6.07, 6.45) is 9.37. The molecule has 0 radical (unpaired) electrons. The van der Waals surface area contributed by atoms with Gasteiger partial charge in [-0.2, -0.15) is 0 Å². The molecule has 1 aliphatic carbocycles. The fourth-order valence-electron chi connectivity index (χ4n) is 4.51. The molecule has 3 amide bonds. The Morgan fingerprint density at radius 2 is 1.67 bits per heavy atom. The van der Waals surface area contributed by atoms with E-state index in [1.54, 1.807) is 0 Å². The van der Waals surface area contributed by atoms with E-state index in [2.05, 4.69) is 16.7 Å². The van der Waals surface area contributed by atoms with Crippen molar-refractivity contribution in [2.24, 2.45) is 0 Å².